The second kappa shape index (κ2) is 7.44. The van der Waals surface area contributed by atoms with Crippen LogP contribution in [0.3, 0.4) is 0 Å². The van der Waals surface area contributed by atoms with Crippen LogP contribution in [-0.4, -0.2) is 17.5 Å². The molecular weight excluding hydrogens is 343 g/mol. The molecule has 0 saturated heterocycles. The first-order valence-corrected chi connectivity index (χ1v) is 7.91. The quantitative estimate of drug-likeness (QED) is 0.807. The van der Waals surface area contributed by atoms with Crippen LogP contribution in [0, 0.1) is 11.3 Å². The molecule has 0 fully saturated rings. The highest BCUT2D eigenvalue weighted by Gasteiger charge is 2.30. The van der Waals surface area contributed by atoms with Gasteiger partial charge in [0.2, 0.25) is 0 Å². The van der Waals surface area contributed by atoms with Crippen LogP contribution in [0.15, 0.2) is 51.7 Å². The van der Waals surface area contributed by atoms with Crippen molar-refractivity contribution in [1.82, 2.24) is 4.98 Å². The minimum Gasteiger partial charge on any atom is -0.261 e. The summed E-state index contributed by atoms with van der Waals surface area (Å²) in [5.74, 6) is 0. The van der Waals surface area contributed by atoms with E-state index in [1.807, 2.05) is 12.1 Å². The summed E-state index contributed by atoms with van der Waals surface area (Å²) < 4.78 is 37.7. The molecule has 5 nitrogen and oxygen atoms in total. The molecule has 2 heterocycles. The van der Waals surface area contributed by atoms with Gasteiger partial charge in [-0.2, -0.15) is 23.5 Å². The fourth-order valence-corrected chi connectivity index (χ4v) is 2.64. The average molecular weight is 357 g/mol. The maximum absolute atomic E-state index is 12.6. The molecule has 0 N–H and O–H groups in total. The fourth-order valence-electron chi connectivity index (χ4n) is 2.64. The third-order valence-electron chi connectivity index (χ3n) is 4.00. The minimum absolute atomic E-state index is 0.243. The maximum atomic E-state index is 12.6. The van der Waals surface area contributed by atoms with Gasteiger partial charge in [-0.15, -0.1) is 5.11 Å². The van der Waals surface area contributed by atoms with Crippen molar-refractivity contribution < 1.29 is 13.2 Å². The Morgan fingerprint density at radius 2 is 1.96 bits per heavy atom. The van der Waals surface area contributed by atoms with Gasteiger partial charge in [0, 0.05) is 18.3 Å². The first kappa shape index (κ1) is 17.7. The number of aliphatic imine (C=N–C) groups is 1. The molecule has 26 heavy (non-hydrogen) atoms. The SMILES string of the molecule is N#Cc1ccc(CC2N=CN=N2)cc1CCc1ccc(C(F)(F)F)cn1. The molecule has 0 bridgehead atoms. The van der Waals surface area contributed by atoms with Gasteiger partial charge in [-0.05, 0) is 42.2 Å². The van der Waals surface area contributed by atoms with Crippen LogP contribution in [0.2, 0.25) is 0 Å². The van der Waals surface area contributed by atoms with Crippen LogP contribution in [0.1, 0.15) is 27.9 Å². The van der Waals surface area contributed by atoms with E-state index in [0.717, 1.165) is 23.4 Å². The van der Waals surface area contributed by atoms with Crippen molar-refractivity contribution in [2.75, 3.05) is 0 Å². The van der Waals surface area contributed by atoms with Crippen LogP contribution in [0.25, 0.3) is 0 Å². The van der Waals surface area contributed by atoms with E-state index in [1.54, 1.807) is 6.07 Å². The highest BCUT2D eigenvalue weighted by Crippen LogP contribution is 2.28. The van der Waals surface area contributed by atoms with E-state index in [1.165, 1.54) is 12.4 Å². The summed E-state index contributed by atoms with van der Waals surface area (Å²) in [7, 11) is 0. The molecule has 0 radical (unpaired) electrons. The highest BCUT2D eigenvalue weighted by atomic mass is 19.4. The van der Waals surface area contributed by atoms with E-state index in [9.17, 15) is 18.4 Å². The van der Waals surface area contributed by atoms with E-state index >= 15 is 0 Å². The van der Waals surface area contributed by atoms with Gasteiger partial charge >= 0.3 is 6.18 Å². The number of benzene rings is 1. The molecule has 1 aliphatic heterocycles. The molecule has 8 heteroatoms. The molecule has 0 aliphatic carbocycles. The van der Waals surface area contributed by atoms with Crippen LogP contribution < -0.4 is 0 Å². The number of hydrogen-bond donors (Lipinski definition) is 0. The van der Waals surface area contributed by atoms with Crippen molar-refractivity contribution in [1.29, 1.82) is 5.26 Å². The van der Waals surface area contributed by atoms with Crippen LogP contribution in [0.4, 0.5) is 13.2 Å². The Balaban J connectivity index is 1.71. The van der Waals surface area contributed by atoms with Crippen molar-refractivity contribution >= 4 is 6.34 Å². The van der Waals surface area contributed by atoms with E-state index in [4.69, 9.17) is 0 Å². The Hall–Kier alpha value is -3.08. The summed E-state index contributed by atoms with van der Waals surface area (Å²) in [4.78, 5) is 7.97. The fraction of sp³-hybridized carbons (Fsp3) is 0.278. The number of halogens is 3. The summed E-state index contributed by atoms with van der Waals surface area (Å²) in [5, 5.41) is 16.9. The Morgan fingerprint density at radius 3 is 2.58 bits per heavy atom. The standard InChI is InChI=1S/C18H14F3N5/c19-18(20,21)15-4-6-16(23-10-15)5-3-13-7-12(1-2-14(13)9-22)8-17-24-11-25-26-17/h1-2,4,6-7,10-11,17H,3,5,8H2. The van der Waals surface area contributed by atoms with Crippen molar-refractivity contribution in [3.05, 3.63) is 64.5 Å². The number of hydrogen-bond acceptors (Lipinski definition) is 5. The summed E-state index contributed by atoms with van der Waals surface area (Å²) >= 11 is 0. The van der Waals surface area contributed by atoms with Crippen molar-refractivity contribution in [3.63, 3.8) is 0 Å². The van der Waals surface area contributed by atoms with Gasteiger partial charge in [0.1, 0.15) is 6.34 Å². The Kier molecular flexibility index (Phi) is 5.07. The molecule has 0 spiro atoms. The van der Waals surface area contributed by atoms with Gasteiger partial charge < -0.3 is 0 Å². The first-order chi connectivity index (χ1) is 12.5. The second-order valence-corrected chi connectivity index (χ2v) is 5.82. The Morgan fingerprint density at radius 1 is 1.12 bits per heavy atom. The van der Waals surface area contributed by atoms with E-state index < -0.39 is 11.7 Å². The monoisotopic (exact) mass is 357 g/mol. The topological polar surface area (TPSA) is 73.8 Å². The van der Waals surface area contributed by atoms with Gasteiger partial charge in [0.05, 0.1) is 17.2 Å². The summed E-state index contributed by atoms with van der Waals surface area (Å²) in [6.07, 6.45) is -0.869. The Labute approximate surface area is 147 Å². The third-order valence-corrected chi connectivity index (χ3v) is 4.00. The van der Waals surface area contributed by atoms with Crippen LogP contribution >= 0.6 is 0 Å². The van der Waals surface area contributed by atoms with Crippen molar-refractivity contribution in [3.8, 4) is 6.07 Å². The van der Waals surface area contributed by atoms with E-state index in [-0.39, 0.29) is 6.17 Å². The first-order valence-electron chi connectivity index (χ1n) is 7.91. The average Bonchev–Trinajstić information content (AvgIpc) is 3.13. The lowest BCUT2D eigenvalue weighted by atomic mass is 9.98. The van der Waals surface area contributed by atoms with Gasteiger partial charge in [-0.3, -0.25) is 4.98 Å². The summed E-state index contributed by atoms with van der Waals surface area (Å²) in [6, 6.07) is 10.0. The zero-order valence-corrected chi connectivity index (χ0v) is 13.6. The van der Waals surface area contributed by atoms with E-state index in [0.29, 0.717) is 30.5 Å². The molecule has 1 aliphatic rings. The number of nitriles is 1. The minimum atomic E-state index is -4.39. The second-order valence-electron chi connectivity index (χ2n) is 5.82. The smallest absolute Gasteiger partial charge is 0.261 e. The predicted molar refractivity (Wildman–Crippen MR) is 88.6 cm³/mol. The van der Waals surface area contributed by atoms with Gasteiger partial charge in [0.15, 0.2) is 6.17 Å². The lowest BCUT2D eigenvalue weighted by Crippen LogP contribution is -2.07. The highest BCUT2D eigenvalue weighted by molar-refractivity contribution is 5.56. The zero-order valence-electron chi connectivity index (χ0n) is 13.6. The molecular formula is C18H14F3N5. The van der Waals surface area contributed by atoms with Gasteiger partial charge in [0.25, 0.3) is 0 Å². The lowest BCUT2D eigenvalue weighted by molar-refractivity contribution is -0.137. The zero-order chi connectivity index (χ0) is 18.6. The normalized spacial score (nSPS) is 16.0. The number of pyridine rings is 1. The molecule has 1 aromatic heterocycles. The maximum Gasteiger partial charge on any atom is 0.417 e. The molecule has 3 rings (SSSR count). The molecule has 1 aromatic carbocycles. The molecule has 0 saturated carbocycles. The van der Waals surface area contributed by atoms with Gasteiger partial charge in [-0.25, -0.2) is 4.99 Å². The van der Waals surface area contributed by atoms with Gasteiger partial charge in [-0.1, -0.05) is 12.1 Å². The van der Waals surface area contributed by atoms with Crippen LogP contribution in [0.5, 0.6) is 0 Å². The largest absolute Gasteiger partial charge is 0.417 e. The van der Waals surface area contributed by atoms with Crippen molar-refractivity contribution in [2.45, 2.75) is 31.6 Å². The molecule has 0 amide bonds. The number of aromatic nitrogens is 1. The third kappa shape index (κ3) is 4.30. The predicted octanol–water partition coefficient (Wildman–Crippen LogP) is 4.12. The number of azo groups is 1. The molecule has 1 atom stereocenters. The number of aryl methyl sites for hydroxylation is 2. The number of alkyl halides is 3. The lowest BCUT2D eigenvalue weighted by Gasteiger charge is -2.09. The molecule has 132 valence electrons. The summed E-state index contributed by atoms with van der Waals surface area (Å²) in [5.41, 5.74) is 2.11. The Bertz CT molecular complexity index is 867. The number of rotatable bonds is 5. The molecule has 1 unspecified atom stereocenters. The van der Waals surface area contributed by atoms with Crippen LogP contribution in [-0.2, 0) is 25.4 Å². The van der Waals surface area contributed by atoms with Crippen molar-refractivity contribution in [2.24, 2.45) is 15.2 Å². The molecule has 2 aromatic rings. The number of nitrogens with zero attached hydrogens (tertiary/aromatic N) is 5. The summed E-state index contributed by atoms with van der Waals surface area (Å²) in [6.45, 7) is 0. The van der Waals surface area contributed by atoms with E-state index in [2.05, 4.69) is 26.3 Å².